The Morgan fingerprint density at radius 1 is 0.741 bits per heavy atom. The van der Waals surface area contributed by atoms with Crippen molar-refractivity contribution in [3.63, 3.8) is 0 Å². The van der Waals surface area contributed by atoms with Crippen molar-refractivity contribution >= 4 is 69.8 Å². The molecule has 2 rings (SSSR count). The number of amides is 3. The maximum Gasteiger partial charge on any atom is 0.271 e. The van der Waals surface area contributed by atoms with Crippen LogP contribution >= 0.6 is 46.4 Å². The summed E-state index contributed by atoms with van der Waals surface area (Å²) in [5, 5.41) is 3.82. The first kappa shape index (κ1) is 21.3. The van der Waals surface area contributed by atoms with Gasteiger partial charge in [-0.25, -0.2) is 0 Å². The van der Waals surface area contributed by atoms with E-state index in [-0.39, 0.29) is 28.5 Å². The number of nitrogens with one attached hydrogen (secondary N) is 3. The second kappa shape index (κ2) is 9.80. The van der Waals surface area contributed by atoms with Gasteiger partial charge in [-0.05, 0) is 36.4 Å². The molecule has 0 saturated heterocycles. The maximum atomic E-state index is 12.0. The Kier molecular flexibility index (Phi) is 7.74. The first-order valence-corrected chi connectivity index (χ1v) is 9.06. The SMILES string of the molecule is O=C(CCC(=O)Nc1ccc(Cl)cc1Cl)NNC(=O)c1ccc(Cl)cc1Cl. The molecule has 2 aromatic carbocycles. The Morgan fingerprint density at radius 2 is 1.33 bits per heavy atom. The average Bonchev–Trinajstić information content (AvgIpc) is 2.60. The van der Waals surface area contributed by atoms with E-state index < -0.39 is 17.7 Å². The number of hydrazine groups is 1. The Bertz CT molecular complexity index is 890. The minimum Gasteiger partial charge on any atom is -0.325 e. The lowest BCUT2D eigenvalue weighted by Gasteiger charge is -2.09. The van der Waals surface area contributed by atoms with Crippen molar-refractivity contribution in [2.24, 2.45) is 0 Å². The van der Waals surface area contributed by atoms with E-state index in [1.807, 2.05) is 0 Å². The molecule has 0 atom stereocenters. The summed E-state index contributed by atoms with van der Waals surface area (Å²) < 4.78 is 0. The van der Waals surface area contributed by atoms with Gasteiger partial charge in [-0.2, -0.15) is 0 Å². The Labute approximate surface area is 175 Å². The molecule has 3 amide bonds. The predicted molar refractivity (Wildman–Crippen MR) is 106 cm³/mol. The van der Waals surface area contributed by atoms with Crippen LogP contribution in [0.4, 0.5) is 5.69 Å². The largest absolute Gasteiger partial charge is 0.325 e. The minimum atomic E-state index is -0.609. The second-order valence-corrected chi connectivity index (χ2v) is 6.99. The highest BCUT2D eigenvalue weighted by Crippen LogP contribution is 2.25. The summed E-state index contributed by atoms with van der Waals surface area (Å²) in [5.41, 5.74) is 4.96. The highest BCUT2D eigenvalue weighted by atomic mass is 35.5. The van der Waals surface area contributed by atoms with E-state index >= 15 is 0 Å². The molecule has 0 aliphatic heterocycles. The lowest BCUT2D eigenvalue weighted by atomic mass is 10.2. The summed E-state index contributed by atoms with van der Waals surface area (Å²) in [5.74, 6) is -1.57. The maximum absolute atomic E-state index is 12.0. The predicted octanol–water partition coefficient (Wildman–Crippen LogP) is 4.48. The van der Waals surface area contributed by atoms with Crippen molar-refractivity contribution in [1.82, 2.24) is 10.9 Å². The lowest BCUT2D eigenvalue weighted by molar-refractivity contribution is -0.124. The molecule has 2 aromatic rings. The van der Waals surface area contributed by atoms with Crippen molar-refractivity contribution in [2.75, 3.05) is 5.32 Å². The summed E-state index contributed by atoms with van der Waals surface area (Å²) >= 11 is 23.4. The molecular weight excluding hydrogens is 436 g/mol. The zero-order chi connectivity index (χ0) is 20.0. The van der Waals surface area contributed by atoms with Gasteiger partial charge in [-0.1, -0.05) is 46.4 Å². The molecule has 3 N–H and O–H groups in total. The van der Waals surface area contributed by atoms with Crippen molar-refractivity contribution in [3.05, 3.63) is 62.1 Å². The number of carbonyl (C=O) groups excluding carboxylic acids is 3. The summed E-state index contributed by atoms with van der Waals surface area (Å²) in [6.45, 7) is 0. The number of halogens is 4. The van der Waals surface area contributed by atoms with Gasteiger partial charge < -0.3 is 5.32 Å². The molecule has 0 aliphatic rings. The number of anilines is 1. The van der Waals surface area contributed by atoms with Gasteiger partial charge in [-0.3, -0.25) is 25.2 Å². The van der Waals surface area contributed by atoms with Crippen LogP contribution in [0.2, 0.25) is 20.1 Å². The molecule has 0 bridgehead atoms. The average molecular weight is 449 g/mol. The van der Waals surface area contributed by atoms with E-state index in [0.717, 1.165) is 0 Å². The minimum absolute atomic E-state index is 0.109. The van der Waals surface area contributed by atoms with Gasteiger partial charge in [0.15, 0.2) is 0 Å². The third kappa shape index (κ3) is 6.59. The molecule has 6 nitrogen and oxygen atoms in total. The Morgan fingerprint density at radius 3 is 1.96 bits per heavy atom. The van der Waals surface area contributed by atoms with Gasteiger partial charge in [0.1, 0.15) is 0 Å². The molecule has 0 aromatic heterocycles. The highest BCUT2D eigenvalue weighted by Gasteiger charge is 2.13. The fourth-order valence-electron chi connectivity index (χ4n) is 1.96. The quantitative estimate of drug-likeness (QED) is 0.589. The zero-order valence-electron chi connectivity index (χ0n) is 13.6. The summed E-state index contributed by atoms with van der Waals surface area (Å²) in [7, 11) is 0. The third-order valence-electron chi connectivity index (χ3n) is 3.28. The monoisotopic (exact) mass is 447 g/mol. The molecule has 0 heterocycles. The molecule has 0 radical (unpaired) electrons. The molecule has 0 aliphatic carbocycles. The van der Waals surface area contributed by atoms with Gasteiger partial charge >= 0.3 is 0 Å². The van der Waals surface area contributed by atoms with Crippen molar-refractivity contribution in [1.29, 1.82) is 0 Å². The number of carbonyl (C=O) groups is 3. The number of benzene rings is 2. The van der Waals surface area contributed by atoms with Gasteiger partial charge in [0.2, 0.25) is 11.8 Å². The number of hydrogen-bond acceptors (Lipinski definition) is 3. The highest BCUT2D eigenvalue weighted by molar-refractivity contribution is 6.37. The fraction of sp³-hybridized carbons (Fsp3) is 0.118. The smallest absolute Gasteiger partial charge is 0.271 e. The fourth-order valence-corrected chi connectivity index (χ4v) is 2.91. The zero-order valence-corrected chi connectivity index (χ0v) is 16.6. The van der Waals surface area contributed by atoms with Crippen LogP contribution in [0.1, 0.15) is 23.2 Å². The van der Waals surface area contributed by atoms with Gasteiger partial charge in [0, 0.05) is 22.9 Å². The van der Waals surface area contributed by atoms with Crippen LogP contribution in [0, 0.1) is 0 Å². The molecule has 27 heavy (non-hydrogen) atoms. The Balaban J connectivity index is 1.78. The first-order chi connectivity index (χ1) is 12.8. The third-order valence-corrected chi connectivity index (χ3v) is 4.37. The van der Waals surface area contributed by atoms with Crippen LogP contribution in [0.25, 0.3) is 0 Å². The van der Waals surface area contributed by atoms with Crippen molar-refractivity contribution in [2.45, 2.75) is 12.8 Å². The van der Waals surface area contributed by atoms with Crippen LogP contribution in [-0.2, 0) is 9.59 Å². The van der Waals surface area contributed by atoms with Gasteiger partial charge in [0.05, 0.1) is 21.3 Å². The summed E-state index contributed by atoms with van der Waals surface area (Å²) in [4.78, 5) is 35.6. The number of rotatable bonds is 5. The molecule has 0 spiro atoms. The number of hydrogen-bond donors (Lipinski definition) is 3. The van der Waals surface area contributed by atoms with Crippen LogP contribution in [-0.4, -0.2) is 17.7 Å². The van der Waals surface area contributed by atoms with E-state index in [9.17, 15) is 14.4 Å². The van der Waals surface area contributed by atoms with Crippen LogP contribution in [0.3, 0.4) is 0 Å². The van der Waals surface area contributed by atoms with E-state index in [2.05, 4.69) is 16.2 Å². The van der Waals surface area contributed by atoms with Crippen LogP contribution in [0.5, 0.6) is 0 Å². The molecule has 0 saturated carbocycles. The molecule has 10 heteroatoms. The lowest BCUT2D eigenvalue weighted by Crippen LogP contribution is -2.41. The first-order valence-electron chi connectivity index (χ1n) is 7.55. The molecule has 0 unspecified atom stereocenters. The summed E-state index contributed by atoms with van der Waals surface area (Å²) in [6, 6.07) is 8.95. The van der Waals surface area contributed by atoms with E-state index in [0.29, 0.717) is 15.7 Å². The van der Waals surface area contributed by atoms with E-state index in [1.54, 1.807) is 12.1 Å². The van der Waals surface area contributed by atoms with E-state index in [1.165, 1.54) is 24.3 Å². The standard InChI is InChI=1S/C17H13Cl4N3O3/c18-9-1-3-11(12(20)7-9)17(27)24-23-16(26)6-5-15(25)22-14-4-2-10(19)8-13(14)21/h1-4,7-8H,5-6H2,(H,22,25)(H,23,26)(H,24,27). The van der Waals surface area contributed by atoms with Crippen molar-refractivity contribution in [3.8, 4) is 0 Å². The Hall–Kier alpha value is -1.99. The van der Waals surface area contributed by atoms with E-state index in [4.69, 9.17) is 46.4 Å². The van der Waals surface area contributed by atoms with Gasteiger partial charge in [-0.15, -0.1) is 0 Å². The summed E-state index contributed by atoms with van der Waals surface area (Å²) in [6.07, 6.45) is -0.256. The topological polar surface area (TPSA) is 87.3 Å². The van der Waals surface area contributed by atoms with Gasteiger partial charge in [0.25, 0.3) is 5.91 Å². The normalized spacial score (nSPS) is 10.2. The van der Waals surface area contributed by atoms with Crippen molar-refractivity contribution < 1.29 is 14.4 Å². The molecule has 142 valence electrons. The molecular formula is C17H13Cl4N3O3. The second-order valence-electron chi connectivity index (χ2n) is 5.30. The molecule has 0 fully saturated rings. The van der Waals surface area contributed by atoms with Crippen LogP contribution < -0.4 is 16.2 Å². The van der Waals surface area contributed by atoms with Crippen LogP contribution in [0.15, 0.2) is 36.4 Å².